The van der Waals surface area contributed by atoms with Gasteiger partial charge < -0.3 is 23.7 Å². The van der Waals surface area contributed by atoms with Gasteiger partial charge >= 0.3 is 17.9 Å². The van der Waals surface area contributed by atoms with Crippen LogP contribution in [0.15, 0.2) is 49.6 Å². The summed E-state index contributed by atoms with van der Waals surface area (Å²) in [6.45, 7) is 20.0. The van der Waals surface area contributed by atoms with Crippen molar-refractivity contribution in [3.8, 4) is 23.7 Å². The van der Waals surface area contributed by atoms with Crippen LogP contribution in [0.1, 0.15) is 232 Å². The molecule has 6 rings (SSSR count). The third kappa shape index (κ3) is 23.5. The van der Waals surface area contributed by atoms with E-state index in [0.29, 0.717) is 12.2 Å². The molecule has 8 nitrogen and oxygen atoms in total. The Bertz CT molecular complexity index is 1850. The van der Waals surface area contributed by atoms with Gasteiger partial charge in [-0.1, -0.05) is 162 Å². The molecule has 5 fully saturated rings. The molecule has 0 N–H and O–H groups in total. The lowest BCUT2D eigenvalue weighted by Crippen LogP contribution is -2.40. The molecule has 8 heteroatoms. The Hall–Kier alpha value is -4.14. The summed E-state index contributed by atoms with van der Waals surface area (Å²) < 4.78 is 21.7. The molecule has 73 heavy (non-hydrogen) atoms. The van der Waals surface area contributed by atoms with E-state index in [1.165, 1.54) is 128 Å². The van der Waals surface area contributed by atoms with Crippen LogP contribution in [0.2, 0.25) is 0 Å². The molecule has 1 aromatic rings. The number of carbonyl (C=O) groups is 4. The third-order valence-corrected chi connectivity index (χ3v) is 16.8. The van der Waals surface area contributed by atoms with Gasteiger partial charge in [0.05, 0.1) is 13.0 Å². The molecule has 0 unspecified atom stereocenters. The van der Waals surface area contributed by atoms with Crippen molar-refractivity contribution in [1.29, 1.82) is 0 Å². The molecule has 5 aliphatic rings. The summed E-state index contributed by atoms with van der Waals surface area (Å²) in [7, 11) is 1.83. The minimum Gasteiger partial charge on any atom is -0.462 e. The van der Waals surface area contributed by atoms with E-state index in [4.69, 9.17) is 14.2 Å². The fraction of sp³-hybridized carbons (Fsp3) is 0.723. The molecule has 408 valence electrons. The lowest BCUT2D eigenvalue weighted by molar-refractivity contribution is -0.159. The summed E-state index contributed by atoms with van der Waals surface area (Å²) in [4.78, 5) is 44.4. The van der Waals surface area contributed by atoms with Crippen LogP contribution in [0.3, 0.4) is 0 Å². The van der Waals surface area contributed by atoms with Gasteiger partial charge in [0.25, 0.3) is 0 Å². The number of esters is 3. The third-order valence-electron chi connectivity index (χ3n) is 16.8. The number of ether oxygens (including phenoxy) is 4. The molecule has 1 aromatic carbocycles. The SMILES string of the molecule is C=CC(=O)OCCC(=O)OC1(C#Cc2ccc(C#CC3(OC)CCC(C4CCC(CCC)CC4)CC3)cc2)CCC(C2CCC(CCC)CC2)CC1.C=CC(=O)OCCC=O.CC.CCCC1CCC(C)CC1. The van der Waals surface area contributed by atoms with Crippen molar-refractivity contribution in [1.82, 2.24) is 0 Å². The van der Waals surface area contributed by atoms with E-state index in [1.54, 1.807) is 0 Å². The quantitative estimate of drug-likeness (QED) is 0.0358. The van der Waals surface area contributed by atoms with Crippen LogP contribution in [-0.4, -0.2) is 55.7 Å². The highest BCUT2D eigenvalue weighted by Crippen LogP contribution is 2.46. The number of hydrogen-bond donors (Lipinski definition) is 0. The van der Waals surface area contributed by atoms with Crippen LogP contribution < -0.4 is 0 Å². The Morgan fingerprint density at radius 3 is 1.33 bits per heavy atom. The molecule has 5 aliphatic carbocycles. The van der Waals surface area contributed by atoms with E-state index < -0.39 is 17.5 Å². The maximum absolute atomic E-state index is 13.0. The average Bonchev–Trinajstić information content (AvgIpc) is 3.42. The van der Waals surface area contributed by atoms with E-state index >= 15 is 0 Å². The van der Waals surface area contributed by atoms with Crippen molar-refractivity contribution in [3.05, 3.63) is 60.7 Å². The molecule has 0 heterocycles. The Morgan fingerprint density at radius 2 is 0.945 bits per heavy atom. The highest BCUT2D eigenvalue weighted by atomic mass is 16.6. The first-order valence-electron chi connectivity index (χ1n) is 29.4. The number of aldehydes is 1. The Labute approximate surface area is 445 Å². The summed E-state index contributed by atoms with van der Waals surface area (Å²) in [5.41, 5.74) is 0.657. The lowest BCUT2D eigenvalue weighted by atomic mass is 9.67. The maximum atomic E-state index is 13.0. The molecule has 0 aromatic heterocycles. The van der Waals surface area contributed by atoms with Gasteiger partial charge in [0.15, 0.2) is 5.60 Å². The molecule has 0 radical (unpaired) electrons. The van der Waals surface area contributed by atoms with Crippen molar-refractivity contribution in [2.45, 2.75) is 233 Å². The van der Waals surface area contributed by atoms with E-state index in [9.17, 15) is 19.2 Å². The molecule has 5 saturated carbocycles. The predicted molar refractivity (Wildman–Crippen MR) is 298 cm³/mol. The van der Waals surface area contributed by atoms with E-state index in [0.717, 1.165) is 103 Å². The molecule has 0 spiro atoms. The zero-order valence-corrected chi connectivity index (χ0v) is 47.1. The van der Waals surface area contributed by atoms with Gasteiger partial charge in [-0.2, -0.15) is 0 Å². The standard InChI is InChI=1S/C47H66O5.C10H20.C6H8O3.C2H6/c1-5-8-36-14-18-40(19-15-36)42-24-31-46(50-4,32-25-42)29-22-38-10-12-39(13-11-38)23-30-47(52-45(49)28-35-51-44(48)7-3)33-26-43(27-34-47)41-20-16-37(9-6-2)17-21-41;1-3-4-10-7-5-9(2)6-8-10;1-2-6(8)9-5-3-4-7;1-2/h7,10-13,36-37,40-43H,3,5-6,8-9,14-21,24-28,31-35H2,1-2,4H3;9-10H,3-8H2,1-2H3;2,4H,1,3,5H2;1-2H3. The number of carbonyl (C=O) groups excluding carboxylic acids is 4. The van der Waals surface area contributed by atoms with Crippen molar-refractivity contribution in [2.24, 2.45) is 47.3 Å². The smallest absolute Gasteiger partial charge is 0.330 e. The van der Waals surface area contributed by atoms with Crippen molar-refractivity contribution >= 4 is 24.2 Å². The number of hydrogen-bond acceptors (Lipinski definition) is 8. The van der Waals surface area contributed by atoms with Gasteiger partial charge in [-0.25, -0.2) is 9.59 Å². The van der Waals surface area contributed by atoms with Gasteiger partial charge in [-0.3, -0.25) is 4.79 Å². The lowest BCUT2D eigenvalue weighted by Gasteiger charge is -2.41. The highest BCUT2D eigenvalue weighted by molar-refractivity contribution is 5.81. The van der Waals surface area contributed by atoms with E-state index in [-0.39, 0.29) is 37.6 Å². The second kappa shape index (κ2) is 35.9. The monoisotopic (exact) mass is 1010 g/mol. The molecular weight excluding hydrogens is 909 g/mol. The average molecular weight is 1010 g/mol. The number of rotatable bonds is 18. The minimum atomic E-state index is -0.827. The van der Waals surface area contributed by atoms with E-state index in [1.807, 2.05) is 45.2 Å². The van der Waals surface area contributed by atoms with Crippen LogP contribution in [-0.2, 0) is 38.1 Å². The Kier molecular flexibility index (Phi) is 31.1. The Balaban J connectivity index is 0.000000556. The van der Waals surface area contributed by atoms with Crippen molar-refractivity contribution in [2.75, 3.05) is 20.3 Å². The molecule has 0 amide bonds. The summed E-state index contributed by atoms with van der Waals surface area (Å²) in [5, 5.41) is 0. The van der Waals surface area contributed by atoms with Gasteiger partial charge in [-0.05, 0) is 155 Å². The largest absolute Gasteiger partial charge is 0.462 e. The van der Waals surface area contributed by atoms with Gasteiger partial charge in [0.2, 0.25) is 0 Å². The Morgan fingerprint density at radius 1 is 0.575 bits per heavy atom. The highest BCUT2D eigenvalue weighted by Gasteiger charge is 2.41. The fourth-order valence-corrected chi connectivity index (χ4v) is 12.4. The van der Waals surface area contributed by atoms with Crippen LogP contribution in [0.4, 0.5) is 0 Å². The fourth-order valence-electron chi connectivity index (χ4n) is 12.4. The minimum absolute atomic E-state index is 0.00488. The molecule has 0 atom stereocenters. The molecular formula is C65H100O8. The van der Waals surface area contributed by atoms with Gasteiger partial charge in [0.1, 0.15) is 18.5 Å². The van der Waals surface area contributed by atoms with Gasteiger partial charge in [-0.15, -0.1) is 0 Å². The summed E-state index contributed by atoms with van der Waals surface area (Å²) in [6, 6.07) is 8.12. The van der Waals surface area contributed by atoms with Crippen LogP contribution in [0.5, 0.6) is 0 Å². The first-order valence-corrected chi connectivity index (χ1v) is 29.4. The van der Waals surface area contributed by atoms with Crippen LogP contribution in [0, 0.1) is 71.0 Å². The van der Waals surface area contributed by atoms with Crippen molar-refractivity contribution < 1.29 is 38.1 Å². The zero-order valence-electron chi connectivity index (χ0n) is 47.1. The van der Waals surface area contributed by atoms with Crippen LogP contribution >= 0.6 is 0 Å². The first kappa shape index (κ1) is 63.2. The second-order valence-electron chi connectivity index (χ2n) is 21.9. The topological polar surface area (TPSA) is 105 Å². The van der Waals surface area contributed by atoms with E-state index in [2.05, 4.69) is 69.3 Å². The maximum Gasteiger partial charge on any atom is 0.330 e. The predicted octanol–water partition coefficient (Wildman–Crippen LogP) is 15.7. The van der Waals surface area contributed by atoms with Crippen molar-refractivity contribution in [3.63, 3.8) is 0 Å². The molecule has 0 saturated heterocycles. The summed E-state index contributed by atoms with van der Waals surface area (Å²) >= 11 is 0. The molecule has 0 bridgehead atoms. The van der Waals surface area contributed by atoms with Gasteiger partial charge in [0, 0.05) is 36.8 Å². The first-order chi connectivity index (χ1) is 35.4. The number of methoxy groups -OCH3 is 1. The zero-order chi connectivity index (χ0) is 53.3. The number of benzene rings is 1. The summed E-state index contributed by atoms with van der Waals surface area (Å²) in [5.74, 6) is 19.5. The normalized spacial score (nSPS) is 28.5. The van der Waals surface area contributed by atoms with Crippen LogP contribution in [0.25, 0.3) is 0 Å². The molecule has 0 aliphatic heterocycles. The summed E-state index contributed by atoms with van der Waals surface area (Å²) in [6.07, 6.45) is 36.3. The second-order valence-corrected chi connectivity index (χ2v) is 21.9.